The fourth-order valence-corrected chi connectivity index (χ4v) is 4.36. The molecule has 0 saturated heterocycles. The van der Waals surface area contributed by atoms with Crippen LogP contribution < -0.4 is 5.32 Å². The smallest absolute Gasteiger partial charge is 0.396 e. The van der Waals surface area contributed by atoms with Gasteiger partial charge in [0.2, 0.25) is 0 Å². The van der Waals surface area contributed by atoms with Gasteiger partial charge in [-0.3, -0.25) is 9.48 Å². The van der Waals surface area contributed by atoms with E-state index in [1.807, 2.05) is 0 Å². The Morgan fingerprint density at radius 1 is 1.24 bits per heavy atom. The average molecular weight is 487 g/mol. The van der Waals surface area contributed by atoms with Gasteiger partial charge in [-0.1, -0.05) is 0 Å². The summed E-state index contributed by atoms with van der Waals surface area (Å²) in [4.78, 5) is 28.6. The van der Waals surface area contributed by atoms with Gasteiger partial charge in [0.15, 0.2) is 0 Å². The third-order valence-corrected chi connectivity index (χ3v) is 6.12. The fraction of sp³-hybridized carbons (Fsp3) is 0.476. The van der Waals surface area contributed by atoms with Crippen molar-refractivity contribution >= 4 is 17.6 Å². The van der Waals surface area contributed by atoms with Crippen LogP contribution in [-0.4, -0.2) is 62.9 Å². The van der Waals surface area contributed by atoms with Crippen LogP contribution in [0.1, 0.15) is 34.2 Å². The summed E-state index contributed by atoms with van der Waals surface area (Å²) in [5.41, 5.74) is -1.16. The lowest BCUT2D eigenvalue weighted by Gasteiger charge is -2.33. The summed E-state index contributed by atoms with van der Waals surface area (Å²) in [6.07, 6.45) is -4.82. The first-order chi connectivity index (χ1) is 15.9. The predicted molar refractivity (Wildman–Crippen MR) is 109 cm³/mol. The molecule has 34 heavy (non-hydrogen) atoms. The zero-order chi connectivity index (χ0) is 24.9. The number of benzene rings is 1. The maximum atomic E-state index is 14.1. The Morgan fingerprint density at radius 3 is 2.59 bits per heavy atom. The molecule has 13 heteroatoms. The number of hydrogen-bond acceptors (Lipinski definition) is 4. The van der Waals surface area contributed by atoms with Crippen molar-refractivity contribution in [3.8, 4) is 0 Å². The van der Waals surface area contributed by atoms with Gasteiger partial charge >= 0.3 is 12.2 Å². The summed E-state index contributed by atoms with van der Waals surface area (Å²) in [7, 11) is 1.59. The van der Waals surface area contributed by atoms with Crippen LogP contribution in [0.15, 0.2) is 12.1 Å². The van der Waals surface area contributed by atoms with E-state index in [0.717, 1.165) is 0 Å². The van der Waals surface area contributed by atoms with Gasteiger partial charge in [0, 0.05) is 56.8 Å². The molecule has 2 N–H and O–H groups in total. The van der Waals surface area contributed by atoms with Crippen molar-refractivity contribution < 1.29 is 36.6 Å². The van der Waals surface area contributed by atoms with Crippen molar-refractivity contribution in [2.45, 2.75) is 38.7 Å². The highest BCUT2D eigenvalue weighted by atomic mass is 19.4. The Bertz CT molecular complexity index is 1150. The Morgan fingerprint density at radius 2 is 1.94 bits per heavy atom. The fourth-order valence-electron chi connectivity index (χ4n) is 4.36. The first kappa shape index (κ1) is 23.9. The summed E-state index contributed by atoms with van der Waals surface area (Å²) in [6, 6.07) is -1.10. The van der Waals surface area contributed by atoms with Crippen LogP contribution in [0, 0.1) is 17.6 Å². The summed E-state index contributed by atoms with van der Waals surface area (Å²) in [5.74, 6) is -3.70. The molecule has 8 nitrogen and oxygen atoms in total. The number of alkyl halides is 3. The van der Waals surface area contributed by atoms with Gasteiger partial charge in [-0.2, -0.15) is 18.3 Å². The number of aromatic nitrogens is 2. The molecule has 0 aliphatic carbocycles. The van der Waals surface area contributed by atoms with Gasteiger partial charge in [-0.15, -0.1) is 0 Å². The molecule has 2 aliphatic heterocycles. The number of aliphatic hydroxyl groups is 1. The number of nitrogens with one attached hydrogen (secondary N) is 1. The minimum atomic E-state index is -5.07. The Labute approximate surface area is 190 Å². The monoisotopic (exact) mass is 487 g/mol. The van der Waals surface area contributed by atoms with Gasteiger partial charge in [-0.05, 0) is 13.0 Å². The van der Waals surface area contributed by atoms with E-state index in [0.29, 0.717) is 24.3 Å². The topological polar surface area (TPSA) is 90.7 Å². The van der Waals surface area contributed by atoms with Gasteiger partial charge < -0.3 is 20.2 Å². The highest BCUT2D eigenvalue weighted by Crippen LogP contribution is 2.35. The number of anilines is 1. The molecule has 2 unspecified atom stereocenters. The molecule has 2 aromatic rings. The number of fused-ring (bicyclic) bond motifs is 3. The zero-order valence-corrected chi connectivity index (χ0v) is 18.3. The lowest BCUT2D eigenvalue weighted by Crippen LogP contribution is -2.45. The summed E-state index contributed by atoms with van der Waals surface area (Å²) in [5, 5.41) is 16.2. The maximum Gasteiger partial charge on any atom is 0.419 e. The van der Waals surface area contributed by atoms with Gasteiger partial charge in [0.1, 0.15) is 17.3 Å². The Balaban J connectivity index is 1.63. The van der Waals surface area contributed by atoms with E-state index in [1.165, 1.54) is 14.5 Å². The van der Waals surface area contributed by atoms with Crippen molar-refractivity contribution in [3.63, 3.8) is 0 Å². The minimum absolute atomic E-state index is 0.0693. The van der Waals surface area contributed by atoms with Gasteiger partial charge in [-0.25, -0.2) is 13.6 Å². The number of aliphatic hydroxyl groups excluding tert-OH is 1. The van der Waals surface area contributed by atoms with E-state index in [4.69, 9.17) is 0 Å². The summed E-state index contributed by atoms with van der Waals surface area (Å²) >= 11 is 0. The second-order valence-corrected chi connectivity index (χ2v) is 8.61. The molecule has 4 rings (SSSR count). The molecule has 0 bridgehead atoms. The molecular weight excluding hydrogens is 465 g/mol. The molecule has 0 spiro atoms. The third kappa shape index (κ3) is 4.19. The zero-order valence-electron chi connectivity index (χ0n) is 18.3. The van der Waals surface area contributed by atoms with Crippen LogP contribution >= 0.6 is 0 Å². The number of carbonyl (C=O) groups is 2. The molecule has 0 fully saturated rings. The second-order valence-electron chi connectivity index (χ2n) is 8.61. The normalized spacial score (nSPS) is 20.6. The molecule has 184 valence electrons. The van der Waals surface area contributed by atoms with Gasteiger partial charge in [0.05, 0.1) is 23.5 Å². The predicted octanol–water partition coefficient (Wildman–Crippen LogP) is 2.85. The van der Waals surface area contributed by atoms with Crippen molar-refractivity contribution in [1.29, 1.82) is 0 Å². The molecule has 0 saturated carbocycles. The van der Waals surface area contributed by atoms with Crippen LogP contribution in [0.2, 0.25) is 0 Å². The highest BCUT2D eigenvalue weighted by Gasteiger charge is 2.38. The number of amides is 3. The molecule has 2 aliphatic rings. The van der Waals surface area contributed by atoms with Crippen LogP contribution in [0.25, 0.3) is 0 Å². The first-order valence-electron chi connectivity index (χ1n) is 10.5. The van der Waals surface area contributed by atoms with E-state index in [-0.39, 0.29) is 49.2 Å². The van der Waals surface area contributed by atoms with E-state index in [2.05, 4.69) is 10.4 Å². The maximum absolute atomic E-state index is 14.1. The first-order valence-corrected chi connectivity index (χ1v) is 10.5. The molecule has 3 amide bonds. The van der Waals surface area contributed by atoms with Crippen molar-refractivity contribution in [1.82, 2.24) is 19.6 Å². The average Bonchev–Trinajstić information content (AvgIpc) is 3.03. The number of rotatable bonds is 2. The van der Waals surface area contributed by atoms with Gasteiger partial charge in [0.25, 0.3) is 5.91 Å². The van der Waals surface area contributed by atoms with Crippen molar-refractivity contribution in [3.05, 3.63) is 46.3 Å². The van der Waals surface area contributed by atoms with Crippen molar-refractivity contribution in [2.24, 2.45) is 5.92 Å². The number of hydrogen-bond donors (Lipinski definition) is 2. The van der Waals surface area contributed by atoms with E-state index in [1.54, 1.807) is 14.0 Å². The number of nitrogens with zero attached hydrogens (tertiary/aromatic N) is 4. The summed E-state index contributed by atoms with van der Waals surface area (Å²) < 4.78 is 68.3. The second kappa shape index (κ2) is 8.53. The lowest BCUT2D eigenvalue weighted by atomic mass is 9.99. The molecule has 2 atom stereocenters. The Hall–Kier alpha value is -3.22. The lowest BCUT2D eigenvalue weighted by molar-refractivity contribution is -0.140. The summed E-state index contributed by atoms with van der Waals surface area (Å²) in [6.45, 7) is 2.07. The largest absolute Gasteiger partial charge is 0.419 e. The number of halogens is 5. The molecule has 3 heterocycles. The van der Waals surface area contributed by atoms with Crippen LogP contribution in [0.4, 0.5) is 32.4 Å². The minimum Gasteiger partial charge on any atom is -0.396 e. The number of carbonyl (C=O) groups excluding carboxylic acids is 2. The molecule has 1 aromatic carbocycles. The molecule has 1 aromatic heterocycles. The van der Waals surface area contributed by atoms with Crippen LogP contribution in [-0.2, 0) is 25.7 Å². The van der Waals surface area contributed by atoms with Crippen molar-refractivity contribution in [2.75, 3.05) is 25.5 Å². The van der Waals surface area contributed by atoms with E-state index < -0.39 is 41.1 Å². The van der Waals surface area contributed by atoms with Crippen LogP contribution in [0.3, 0.4) is 0 Å². The highest BCUT2D eigenvalue weighted by molar-refractivity contribution is 5.95. The SMILES string of the molecule is CC1Cc2nn3c(c2CN1C(=O)Nc1cc(C(F)(F)F)c(F)cc1F)C(=O)N(C)CC(CO)C3. The van der Waals surface area contributed by atoms with Crippen LogP contribution in [0.5, 0.6) is 0 Å². The molecular formula is C21H22F5N5O3. The Kier molecular flexibility index (Phi) is 6.00. The van der Waals surface area contributed by atoms with E-state index in [9.17, 15) is 36.6 Å². The number of urea groups is 1. The molecule has 0 radical (unpaired) electrons. The quantitative estimate of drug-likeness (QED) is 0.638. The standard InChI is InChI=1S/C21H22F5N5O3/c1-10-3-16-12(18-19(33)29(2)6-11(9-32)7-31(18)28-16)8-30(10)20(34)27-17-4-13(21(24,25)26)14(22)5-15(17)23/h4-5,10-11,32H,3,6-9H2,1-2H3,(H,27,34). The third-order valence-electron chi connectivity index (χ3n) is 6.12. The van der Waals surface area contributed by atoms with E-state index >= 15 is 0 Å².